The van der Waals surface area contributed by atoms with E-state index in [0.717, 1.165) is 19.3 Å². The van der Waals surface area contributed by atoms with E-state index in [0.29, 0.717) is 6.54 Å². The lowest BCUT2D eigenvalue weighted by molar-refractivity contribution is -0.384. The third-order valence-electron chi connectivity index (χ3n) is 3.18. The van der Waals surface area contributed by atoms with Gasteiger partial charge in [-0.3, -0.25) is 10.1 Å². The Balaban J connectivity index is 2.06. The van der Waals surface area contributed by atoms with Gasteiger partial charge >= 0.3 is 5.69 Å². The number of anilines is 1. The highest BCUT2D eigenvalue weighted by molar-refractivity contribution is 6.30. The third kappa shape index (κ3) is 2.88. The molecule has 2 unspecified atom stereocenters. The maximum atomic E-state index is 10.9. The number of nitrogens with zero attached hydrogens (tertiary/aromatic N) is 2. The molecule has 0 spiro atoms. The number of aliphatic hydroxyl groups is 1. The van der Waals surface area contributed by atoms with Crippen molar-refractivity contribution in [2.24, 2.45) is 5.92 Å². The van der Waals surface area contributed by atoms with E-state index in [-0.39, 0.29) is 28.5 Å². The van der Waals surface area contributed by atoms with E-state index >= 15 is 0 Å². The van der Waals surface area contributed by atoms with Gasteiger partial charge in [-0.2, -0.15) is 0 Å². The Bertz CT molecular complexity index is 455. The number of rotatable bonds is 4. The molecule has 1 aromatic heterocycles. The third-order valence-corrected chi connectivity index (χ3v) is 3.39. The topological polar surface area (TPSA) is 88.3 Å². The highest BCUT2D eigenvalue weighted by Crippen LogP contribution is 2.28. The van der Waals surface area contributed by atoms with Gasteiger partial charge in [0.05, 0.1) is 16.0 Å². The largest absolute Gasteiger partial charge is 0.393 e. The van der Waals surface area contributed by atoms with Gasteiger partial charge in [-0.1, -0.05) is 18.0 Å². The van der Waals surface area contributed by atoms with Crippen molar-refractivity contribution in [1.29, 1.82) is 0 Å². The summed E-state index contributed by atoms with van der Waals surface area (Å²) in [5.41, 5.74) is -0.144. The van der Waals surface area contributed by atoms with Gasteiger partial charge in [-0.05, 0) is 12.8 Å². The van der Waals surface area contributed by atoms with Gasteiger partial charge in [-0.25, -0.2) is 4.98 Å². The first-order valence-electron chi connectivity index (χ1n) is 5.80. The Morgan fingerprint density at radius 3 is 3.00 bits per heavy atom. The number of pyridine rings is 1. The zero-order valence-corrected chi connectivity index (χ0v) is 10.4. The molecule has 0 amide bonds. The molecule has 1 aliphatic rings. The molecule has 98 valence electrons. The molecule has 2 rings (SSSR count). The molecule has 2 atom stereocenters. The quantitative estimate of drug-likeness (QED) is 0.647. The maximum absolute atomic E-state index is 10.9. The summed E-state index contributed by atoms with van der Waals surface area (Å²) in [5.74, 6) is 0.325. The highest BCUT2D eigenvalue weighted by Gasteiger charge is 2.26. The number of hydrogen-bond donors (Lipinski definition) is 2. The van der Waals surface area contributed by atoms with Crippen LogP contribution in [0, 0.1) is 16.0 Å². The molecule has 2 N–H and O–H groups in total. The Labute approximate surface area is 109 Å². The van der Waals surface area contributed by atoms with Crippen LogP contribution in [0.25, 0.3) is 0 Å². The fraction of sp³-hybridized carbons (Fsp3) is 0.545. The second-order valence-corrected chi connectivity index (χ2v) is 4.85. The average molecular weight is 272 g/mol. The summed E-state index contributed by atoms with van der Waals surface area (Å²) in [6, 6.07) is 1.27. The van der Waals surface area contributed by atoms with Crippen LogP contribution in [0.3, 0.4) is 0 Å². The number of aromatic nitrogens is 1. The summed E-state index contributed by atoms with van der Waals surface area (Å²) in [7, 11) is 0. The van der Waals surface area contributed by atoms with Gasteiger partial charge in [0.2, 0.25) is 5.82 Å². The molecule has 0 bridgehead atoms. The number of halogens is 1. The Hall–Kier alpha value is -1.40. The maximum Gasteiger partial charge on any atom is 0.312 e. The standard InChI is InChI=1S/C11H14ClN3O3/c12-8-4-9(15(17)18)11(14-6-8)13-5-7-2-1-3-10(7)16/h4,6-7,10,16H,1-3,5H2,(H,13,14). The minimum atomic E-state index is -0.522. The fourth-order valence-electron chi connectivity index (χ4n) is 2.19. The molecule has 0 aliphatic heterocycles. The van der Waals surface area contributed by atoms with Crippen molar-refractivity contribution in [2.45, 2.75) is 25.4 Å². The monoisotopic (exact) mass is 271 g/mol. The first-order valence-corrected chi connectivity index (χ1v) is 6.17. The van der Waals surface area contributed by atoms with Crippen LogP contribution >= 0.6 is 11.6 Å². The zero-order valence-electron chi connectivity index (χ0n) is 9.67. The second-order valence-electron chi connectivity index (χ2n) is 4.42. The van der Waals surface area contributed by atoms with Gasteiger partial charge in [-0.15, -0.1) is 0 Å². The zero-order chi connectivity index (χ0) is 13.1. The molecule has 1 aliphatic carbocycles. The summed E-state index contributed by atoms with van der Waals surface area (Å²) in [6.45, 7) is 0.483. The molecular weight excluding hydrogens is 258 g/mol. The Kier molecular flexibility index (Phi) is 3.98. The van der Waals surface area contributed by atoms with E-state index < -0.39 is 4.92 Å². The van der Waals surface area contributed by atoms with Crippen molar-refractivity contribution in [3.63, 3.8) is 0 Å². The van der Waals surface area contributed by atoms with Gasteiger partial charge in [0.1, 0.15) is 0 Å². The van der Waals surface area contributed by atoms with Crippen LogP contribution in [0.1, 0.15) is 19.3 Å². The molecule has 1 fully saturated rings. The molecule has 1 heterocycles. The molecule has 0 radical (unpaired) electrons. The minimum absolute atomic E-state index is 0.127. The van der Waals surface area contributed by atoms with Crippen molar-refractivity contribution < 1.29 is 10.0 Å². The first-order chi connectivity index (χ1) is 8.58. The lowest BCUT2D eigenvalue weighted by Gasteiger charge is -2.15. The molecule has 6 nitrogen and oxygen atoms in total. The number of aliphatic hydroxyl groups excluding tert-OH is 1. The SMILES string of the molecule is O=[N+]([O-])c1cc(Cl)cnc1NCC1CCCC1O. The van der Waals surface area contributed by atoms with Crippen LogP contribution in [-0.4, -0.2) is 27.7 Å². The molecule has 1 saturated carbocycles. The first kappa shape index (κ1) is 13.0. The van der Waals surface area contributed by atoms with Crippen molar-refractivity contribution in [3.05, 3.63) is 27.4 Å². The van der Waals surface area contributed by atoms with Gasteiger partial charge in [0.25, 0.3) is 0 Å². The van der Waals surface area contributed by atoms with Crippen molar-refractivity contribution >= 4 is 23.1 Å². The normalized spacial score (nSPS) is 23.0. The lowest BCUT2D eigenvalue weighted by Crippen LogP contribution is -2.22. The molecule has 1 aromatic rings. The van der Waals surface area contributed by atoms with E-state index in [4.69, 9.17) is 11.6 Å². The fourth-order valence-corrected chi connectivity index (χ4v) is 2.34. The number of nitrogens with one attached hydrogen (secondary N) is 1. The molecule has 0 saturated heterocycles. The Morgan fingerprint density at radius 1 is 1.61 bits per heavy atom. The molecule has 0 aromatic carbocycles. The van der Waals surface area contributed by atoms with E-state index in [9.17, 15) is 15.2 Å². The second kappa shape index (κ2) is 5.49. The van der Waals surface area contributed by atoms with Gasteiger partial charge in [0, 0.05) is 24.7 Å². The van der Waals surface area contributed by atoms with Gasteiger partial charge < -0.3 is 10.4 Å². The van der Waals surface area contributed by atoms with E-state index in [1.807, 2.05) is 0 Å². The van der Waals surface area contributed by atoms with E-state index in [1.165, 1.54) is 12.3 Å². The average Bonchev–Trinajstić information content (AvgIpc) is 2.73. The van der Waals surface area contributed by atoms with Crippen LogP contribution in [0.15, 0.2) is 12.3 Å². The minimum Gasteiger partial charge on any atom is -0.393 e. The predicted molar refractivity (Wildman–Crippen MR) is 67.7 cm³/mol. The van der Waals surface area contributed by atoms with E-state index in [1.54, 1.807) is 0 Å². The van der Waals surface area contributed by atoms with Gasteiger partial charge in [0.15, 0.2) is 0 Å². The van der Waals surface area contributed by atoms with E-state index in [2.05, 4.69) is 10.3 Å². The summed E-state index contributed by atoms with van der Waals surface area (Å²) in [5, 5.41) is 23.7. The smallest absolute Gasteiger partial charge is 0.312 e. The van der Waals surface area contributed by atoms with Crippen LogP contribution in [0.4, 0.5) is 11.5 Å². The van der Waals surface area contributed by atoms with Crippen LogP contribution < -0.4 is 5.32 Å². The Morgan fingerprint density at radius 2 is 2.39 bits per heavy atom. The van der Waals surface area contributed by atoms with Crippen LogP contribution in [0.2, 0.25) is 5.02 Å². The molecule has 7 heteroatoms. The lowest BCUT2D eigenvalue weighted by atomic mass is 10.1. The molecular formula is C11H14ClN3O3. The summed E-state index contributed by atoms with van der Waals surface area (Å²) in [6.07, 6.45) is 3.74. The van der Waals surface area contributed by atoms with Crippen LogP contribution in [-0.2, 0) is 0 Å². The summed E-state index contributed by atoms with van der Waals surface area (Å²) in [4.78, 5) is 14.2. The summed E-state index contributed by atoms with van der Waals surface area (Å²) < 4.78 is 0. The number of nitro groups is 1. The van der Waals surface area contributed by atoms with Crippen molar-refractivity contribution in [2.75, 3.05) is 11.9 Å². The van der Waals surface area contributed by atoms with Crippen molar-refractivity contribution in [3.8, 4) is 0 Å². The number of hydrogen-bond acceptors (Lipinski definition) is 5. The van der Waals surface area contributed by atoms with Crippen molar-refractivity contribution in [1.82, 2.24) is 4.98 Å². The molecule has 18 heavy (non-hydrogen) atoms. The predicted octanol–water partition coefficient (Wildman–Crippen LogP) is 2.22. The van der Waals surface area contributed by atoms with Crippen LogP contribution in [0.5, 0.6) is 0 Å². The summed E-state index contributed by atoms with van der Waals surface area (Å²) >= 11 is 5.68. The highest BCUT2D eigenvalue weighted by atomic mass is 35.5.